The van der Waals surface area contributed by atoms with E-state index < -0.39 is 0 Å². The minimum atomic E-state index is -0.171. The smallest absolute Gasteiger partial charge is 0.168 e. The number of benzene rings is 2. The molecule has 0 aromatic heterocycles. The van der Waals surface area contributed by atoms with Crippen molar-refractivity contribution in [2.75, 3.05) is 20.8 Å². The lowest BCUT2D eigenvalue weighted by Gasteiger charge is -2.31. The van der Waals surface area contributed by atoms with Crippen molar-refractivity contribution in [3.8, 4) is 11.5 Å². The highest BCUT2D eigenvalue weighted by atomic mass is 16.5. The molecule has 0 atom stereocenters. The average molecular weight is 422 g/mol. The lowest BCUT2D eigenvalue weighted by atomic mass is 9.73. The van der Waals surface area contributed by atoms with Crippen LogP contribution >= 0.6 is 0 Å². The highest BCUT2D eigenvalue weighted by molar-refractivity contribution is 6.24. The van der Waals surface area contributed by atoms with Gasteiger partial charge in [0.1, 0.15) is 5.76 Å². The van der Waals surface area contributed by atoms with Crippen LogP contribution in [-0.2, 0) is 17.6 Å². The van der Waals surface area contributed by atoms with Gasteiger partial charge in [-0.05, 0) is 41.5 Å². The number of carbonyl (C=O) groups excluding carboxylic acids is 1. The van der Waals surface area contributed by atoms with E-state index in [4.69, 9.17) is 14.5 Å². The van der Waals surface area contributed by atoms with Gasteiger partial charge in [0.15, 0.2) is 17.3 Å². The van der Waals surface area contributed by atoms with Crippen molar-refractivity contribution in [3.05, 3.63) is 71.0 Å². The molecular weight excluding hydrogens is 390 g/mol. The number of methoxy groups -OCH3 is 2. The van der Waals surface area contributed by atoms with E-state index in [1.165, 1.54) is 0 Å². The van der Waals surface area contributed by atoms with Gasteiger partial charge in [-0.3, -0.25) is 9.79 Å². The summed E-state index contributed by atoms with van der Waals surface area (Å²) < 4.78 is 10.7. The van der Waals surface area contributed by atoms with Crippen molar-refractivity contribution in [2.45, 2.75) is 39.5 Å². The Kier molecular flexibility index (Phi) is 7.16. The first-order chi connectivity index (χ1) is 14.8. The zero-order valence-electron chi connectivity index (χ0n) is 18.8. The molecule has 1 aliphatic carbocycles. The second-order valence-corrected chi connectivity index (χ2v) is 8.69. The van der Waals surface area contributed by atoms with Crippen LogP contribution in [0.4, 0.5) is 0 Å². The van der Waals surface area contributed by atoms with E-state index in [1.807, 2.05) is 48.5 Å². The van der Waals surface area contributed by atoms with Gasteiger partial charge >= 0.3 is 0 Å². The third-order valence-electron chi connectivity index (χ3n) is 5.51. The monoisotopic (exact) mass is 421 g/mol. The maximum Gasteiger partial charge on any atom is 0.168 e. The summed E-state index contributed by atoms with van der Waals surface area (Å²) >= 11 is 0. The number of rotatable bonds is 7. The third-order valence-corrected chi connectivity index (χ3v) is 5.51. The van der Waals surface area contributed by atoms with E-state index in [-0.39, 0.29) is 17.0 Å². The standard InChI is InChI=1S/C26H31NO4/c1-26(2)16-20(27-13-12-19-10-11-23(30-3)24(15-19)31-4)25(22(29)17-26)21(28)14-18-8-6-5-7-9-18/h5-11,15,28H,12-14,16-17H2,1-4H3/b25-21-,27-20?. The summed E-state index contributed by atoms with van der Waals surface area (Å²) in [5.41, 5.74) is 2.97. The predicted octanol–water partition coefficient (Wildman–Crippen LogP) is 5.13. The molecule has 5 nitrogen and oxygen atoms in total. The van der Waals surface area contributed by atoms with E-state index in [9.17, 15) is 9.90 Å². The Morgan fingerprint density at radius 3 is 2.39 bits per heavy atom. The van der Waals surface area contributed by atoms with E-state index in [2.05, 4.69) is 13.8 Å². The first kappa shape index (κ1) is 22.6. The van der Waals surface area contributed by atoms with E-state index in [0.717, 1.165) is 11.1 Å². The van der Waals surface area contributed by atoms with Gasteiger partial charge < -0.3 is 14.6 Å². The predicted molar refractivity (Wildman–Crippen MR) is 123 cm³/mol. The number of aliphatic hydroxyl groups excluding tert-OH is 1. The summed E-state index contributed by atoms with van der Waals surface area (Å²) in [6, 6.07) is 15.5. The van der Waals surface area contributed by atoms with Crippen molar-refractivity contribution in [3.63, 3.8) is 0 Å². The zero-order chi connectivity index (χ0) is 22.4. The zero-order valence-corrected chi connectivity index (χ0v) is 18.8. The first-order valence-corrected chi connectivity index (χ1v) is 10.6. The summed E-state index contributed by atoms with van der Waals surface area (Å²) in [5.74, 6) is 1.45. The summed E-state index contributed by atoms with van der Waals surface area (Å²) in [6.07, 6.45) is 2.11. The molecule has 0 radical (unpaired) electrons. The summed E-state index contributed by atoms with van der Waals surface area (Å²) in [5, 5.41) is 10.8. The normalized spacial score (nSPS) is 18.7. The maximum atomic E-state index is 12.9. The maximum absolute atomic E-state index is 12.9. The van der Waals surface area contributed by atoms with E-state index >= 15 is 0 Å². The molecule has 1 N–H and O–H groups in total. The molecule has 3 rings (SSSR count). The molecule has 1 fully saturated rings. The number of hydrogen-bond donors (Lipinski definition) is 1. The number of hydrogen-bond acceptors (Lipinski definition) is 5. The first-order valence-electron chi connectivity index (χ1n) is 10.6. The molecular formula is C26H31NO4. The molecule has 1 saturated carbocycles. The number of nitrogens with zero attached hydrogens (tertiary/aromatic N) is 1. The van der Waals surface area contributed by atoms with Crippen LogP contribution < -0.4 is 9.47 Å². The Morgan fingerprint density at radius 1 is 1.00 bits per heavy atom. The fourth-order valence-electron chi connectivity index (χ4n) is 3.98. The summed E-state index contributed by atoms with van der Waals surface area (Å²) in [6.45, 7) is 4.66. The van der Waals surface area contributed by atoms with Gasteiger partial charge in [-0.2, -0.15) is 0 Å². The van der Waals surface area contributed by atoms with Crippen LogP contribution in [0.1, 0.15) is 37.8 Å². The molecule has 0 bridgehead atoms. The molecule has 2 aromatic carbocycles. The lowest BCUT2D eigenvalue weighted by Crippen LogP contribution is -2.33. The van der Waals surface area contributed by atoms with Crippen molar-refractivity contribution >= 4 is 11.5 Å². The molecule has 31 heavy (non-hydrogen) atoms. The van der Waals surface area contributed by atoms with E-state index in [0.29, 0.717) is 55.0 Å². The number of aliphatic imine (C=N–C) groups is 1. The number of ketones is 1. The summed E-state index contributed by atoms with van der Waals surface area (Å²) in [7, 11) is 3.23. The second-order valence-electron chi connectivity index (χ2n) is 8.69. The van der Waals surface area contributed by atoms with Crippen LogP contribution in [0.15, 0.2) is 64.9 Å². The minimum Gasteiger partial charge on any atom is -0.511 e. The lowest BCUT2D eigenvalue weighted by molar-refractivity contribution is -0.117. The van der Waals surface area contributed by atoms with Crippen molar-refractivity contribution < 1.29 is 19.4 Å². The Balaban J connectivity index is 1.83. The van der Waals surface area contributed by atoms with Gasteiger partial charge in [0.05, 0.1) is 19.8 Å². The highest BCUT2D eigenvalue weighted by Gasteiger charge is 2.36. The van der Waals surface area contributed by atoms with Gasteiger partial charge in [-0.1, -0.05) is 50.2 Å². The number of allylic oxidation sites excluding steroid dienone is 2. The highest BCUT2D eigenvalue weighted by Crippen LogP contribution is 2.36. The Bertz CT molecular complexity index is 990. The molecule has 0 spiro atoms. The van der Waals surface area contributed by atoms with Crippen LogP contribution in [0.5, 0.6) is 11.5 Å². The topological polar surface area (TPSA) is 68.1 Å². The molecule has 2 aromatic rings. The largest absolute Gasteiger partial charge is 0.511 e. The number of Topliss-reactive ketones (excluding diaryl/α,β-unsaturated/α-hetero) is 1. The molecule has 0 amide bonds. The fourth-order valence-corrected chi connectivity index (χ4v) is 3.98. The minimum absolute atomic E-state index is 0.0328. The molecule has 0 aliphatic heterocycles. The van der Waals surface area contributed by atoms with Gasteiger partial charge in [0, 0.05) is 25.1 Å². The molecule has 0 unspecified atom stereocenters. The Labute approximate surface area is 184 Å². The quantitative estimate of drug-likeness (QED) is 0.497. The third kappa shape index (κ3) is 5.75. The van der Waals surface area contributed by atoms with Crippen LogP contribution in [0.25, 0.3) is 0 Å². The second kappa shape index (κ2) is 9.82. The van der Waals surface area contributed by atoms with Crippen molar-refractivity contribution in [1.82, 2.24) is 0 Å². The summed E-state index contributed by atoms with van der Waals surface area (Å²) in [4.78, 5) is 17.7. The SMILES string of the molecule is COc1ccc(CCN=C2CC(C)(C)CC(=O)/C2=C(\O)Cc2ccccc2)cc1OC. The average Bonchev–Trinajstić information content (AvgIpc) is 2.73. The van der Waals surface area contributed by atoms with Crippen molar-refractivity contribution in [1.29, 1.82) is 0 Å². The Morgan fingerprint density at radius 2 is 1.71 bits per heavy atom. The molecule has 5 heteroatoms. The van der Waals surface area contributed by atoms with Crippen LogP contribution in [-0.4, -0.2) is 37.4 Å². The molecule has 164 valence electrons. The molecule has 0 saturated heterocycles. The van der Waals surface area contributed by atoms with Crippen LogP contribution in [0.3, 0.4) is 0 Å². The molecule has 0 heterocycles. The molecule has 1 aliphatic rings. The van der Waals surface area contributed by atoms with Crippen molar-refractivity contribution in [2.24, 2.45) is 10.4 Å². The fraction of sp³-hybridized carbons (Fsp3) is 0.385. The van der Waals surface area contributed by atoms with Crippen LogP contribution in [0, 0.1) is 5.41 Å². The van der Waals surface area contributed by atoms with Gasteiger partial charge in [0.2, 0.25) is 0 Å². The number of aliphatic hydroxyl groups is 1. The number of carbonyl (C=O) groups is 1. The van der Waals surface area contributed by atoms with E-state index in [1.54, 1.807) is 14.2 Å². The van der Waals surface area contributed by atoms with Gasteiger partial charge in [-0.25, -0.2) is 0 Å². The Hall–Kier alpha value is -3.08. The number of ether oxygens (including phenoxy) is 2. The van der Waals surface area contributed by atoms with Gasteiger partial charge in [0.25, 0.3) is 0 Å². The van der Waals surface area contributed by atoms with Crippen LogP contribution in [0.2, 0.25) is 0 Å². The van der Waals surface area contributed by atoms with Gasteiger partial charge in [-0.15, -0.1) is 0 Å².